The summed E-state index contributed by atoms with van der Waals surface area (Å²) in [6, 6.07) is 5.04. The van der Waals surface area contributed by atoms with Crippen molar-refractivity contribution in [2.24, 2.45) is 5.92 Å². The van der Waals surface area contributed by atoms with E-state index < -0.39 is 0 Å². The van der Waals surface area contributed by atoms with Crippen molar-refractivity contribution in [2.75, 3.05) is 26.8 Å². The van der Waals surface area contributed by atoms with Crippen LogP contribution in [0.5, 0.6) is 0 Å². The number of rotatable bonds is 8. The van der Waals surface area contributed by atoms with Crippen LogP contribution in [-0.4, -0.2) is 26.8 Å². The van der Waals surface area contributed by atoms with Crippen molar-refractivity contribution in [1.82, 2.24) is 5.32 Å². The molecule has 0 radical (unpaired) electrons. The summed E-state index contributed by atoms with van der Waals surface area (Å²) >= 11 is 5.67. The average Bonchev–Trinajstić information content (AvgIpc) is 2.37. The molecule has 102 valence electrons. The topological polar surface area (TPSA) is 21.3 Å². The molecule has 0 fully saturated rings. The van der Waals surface area contributed by atoms with E-state index >= 15 is 0 Å². The molecule has 1 unspecified atom stereocenters. The molecule has 1 atom stereocenters. The molecule has 0 saturated carbocycles. The third-order valence-corrected chi connectivity index (χ3v) is 3.31. The van der Waals surface area contributed by atoms with E-state index in [0.717, 1.165) is 31.5 Å². The van der Waals surface area contributed by atoms with Gasteiger partial charge in [0.2, 0.25) is 0 Å². The molecule has 0 spiro atoms. The van der Waals surface area contributed by atoms with E-state index in [1.807, 2.05) is 6.07 Å². The van der Waals surface area contributed by atoms with Crippen LogP contribution in [0.25, 0.3) is 0 Å². The van der Waals surface area contributed by atoms with Gasteiger partial charge >= 0.3 is 0 Å². The molecular formula is C14H21ClFNO. The predicted octanol–water partition coefficient (Wildman–Crippen LogP) is 3.28. The molecule has 1 N–H and O–H groups in total. The Morgan fingerprint density at radius 2 is 2.22 bits per heavy atom. The van der Waals surface area contributed by atoms with Crippen molar-refractivity contribution in [3.05, 3.63) is 34.6 Å². The van der Waals surface area contributed by atoms with Crippen LogP contribution in [0.4, 0.5) is 4.39 Å². The predicted molar refractivity (Wildman–Crippen MR) is 73.6 cm³/mol. The lowest BCUT2D eigenvalue weighted by Gasteiger charge is -2.16. The van der Waals surface area contributed by atoms with Gasteiger partial charge in [-0.2, -0.15) is 0 Å². The maximum Gasteiger partial charge on any atom is 0.142 e. The van der Waals surface area contributed by atoms with Gasteiger partial charge in [-0.15, -0.1) is 0 Å². The second-order valence-corrected chi connectivity index (χ2v) is 4.83. The fraction of sp³-hybridized carbons (Fsp3) is 0.571. The first-order valence-corrected chi connectivity index (χ1v) is 6.68. The number of halogens is 2. The van der Waals surface area contributed by atoms with Gasteiger partial charge in [-0.1, -0.05) is 31.0 Å². The minimum absolute atomic E-state index is 0.185. The normalized spacial score (nSPS) is 12.7. The van der Waals surface area contributed by atoms with Crippen molar-refractivity contribution in [2.45, 2.75) is 19.8 Å². The van der Waals surface area contributed by atoms with Crippen LogP contribution in [0.1, 0.15) is 18.9 Å². The molecule has 2 nitrogen and oxygen atoms in total. The van der Waals surface area contributed by atoms with Crippen LogP contribution >= 0.6 is 11.6 Å². The average molecular weight is 274 g/mol. The third-order valence-electron chi connectivity index (χ3n) is 3.00. The Morgan fingerprint density at radius 3 is 2.83 bits per heavy atom. The zero-order valence-electron chi connectivity index (χ0n) is 11.0. The first-order valence-electron chi connectivity index (χ1n) is 6.31. The fourth-order valence-electron chi connectivity index (χ4n) is 1.84. The Balaban J connectivity index is 2.44. The van der Waals surface area contributed by atoms with Gasteiger partial charge in [-0.25, -0.2) is 4.39 Å². The Morgan fingerprint density at radius 1 is 1.44 bits per heavy atom. The summed E-state index contributed by atoms with van der Waals surface area (Å²) in [6.45, 7) is 4.63. The lowest BCUT2D eigenvalue weighted by atomic mass is 9.97. The molecule has 0 aliphatic rings. The fourth-order valence-corrected chi connectivity index (χ4v) is 1.96. The molecule has 1 aromatic carbocycles. The van der Waals surface area contributed by atoms with Crippen LogP contribution in [-0.2, 0) is 11.2 Å². The number of benzene rings is 1. The van der Waals surface area contributed by atoms with Crippen LogP contribution in [0.3, 0.4) is 0 Å². The van der Waals surface area contributed by atoms with Crippen LogP contribution in [0.2, 0.25) is 5.02 Å². The van der Waals surface area contributed by atoms with Crippen molar-refractivity contribution >= 4 is 11.6 Å². The zero-order valence-corrected chi connectivity index (χ0v) is 11.8. The van der Waals surface area contributed by atoms with Gasteiger partial charge < -0.3 is 10.1 Å². The SMILES string of the molecule is CCC(CNCCOC)Cc1ccc(Cl)c(F)c1. The van der Waals surface area contributed by atoms with E-state index in [0.29, 0.717) is 12.5 Å². The molecule has 0 saturated heterocycles. The smallest absolute Gasteiger partial charge is 0.142 e. The van der Waals surface area contributed by atoms with Gasteiger partial charge in [0.15, 0.2) is 0 Å². The molecule has 4 heteroatoms. The molecule has 1 aromatic rings. The highest BCUT2D eigenvalue weighted by atomic mass is 35.5. The van der Waals surface area contributed by atoms with Gasteiger partial charge in [0, 0.05) is 13.7 Å². The van der Waals surface area contributed by atoms with Crippen LogP contribution in [0.15, 0.2) is 18.2 Å². The highest BCUT2D eigenvalue weighted by molar-refractivity contribution is 6.30. The molecule has 0 aliphatic carbocycles. The second kappa shape index (κ2) is 8.46. The first kappa shape index (κ1) is 15.4. The molecule has 0 aromatic heterocycles. The summed E-state index contributed by atoms with van der Waals surface area (Å²) in [5.41, 5.74) is 0.997. The minimum atomic E-state index is -0.337. The van der Waals surface area contributed by atoms with Crippen molar-refractivity contribution in [3.63, 3.8) is 0 Å². The largest absolute Gasteiger partial charge is 0.383 e. The summed E-state index contributed by atoms with van der Waals surface area (Å²) in [4.78, 5) is 0. The summed E-state index contributed by atoms with van der Waals surface area (Å²) in [6.07, 6.45) is 1.93. The Hall–Kier alpha value is -0.640. The number of ether oxygens (including phenoxy) is 1. The molecule has 1 rings (SSSR count). The van der Waals surface area contributed by atoms with Gasteiger partial charge in [0.05, 0.1) is 11.6 Å². The number of hydrogen-bond acceptors (Lipinski definition) is 2. The molecule has 0 heterocycles. The van der Waals surface area contributed by atoms with E-state index in [4.69, 9.17) is 16.3 Å². The molecule has 18 heavy (non-hydrogen) atoms. The lowest BCUT2D eigenvalue weighted by molar-refractivity contribution is 0.197. The molecule has 0 bridgehead atoms. The van der Waals surface area contributed by atoms with Gasteiger partial charge in [0.1, 0.15) is 5.82 Å². The Labute approximate surface area is 113 Å². The van der Waals surface area contributed by atoms with E-state index in [1.54, 1.807) is 13.2 Å². The number of hydrogen-bond donors (Lipinski definition) is 1. The van der Waals surface area contributed by atoms with Crippen molar-refractivity contribution in [1.29, 1.82) is 0 Å². The highest BCUT2D eigenvalue weighted by Crippen LogP contribution is 2.18. The van der Waals surface area contributed by atoms with E-state index in [9.17, 15) is 4.39 Å². The minimum Gasteiger partial charge on any atom is -0.383 e. The maximum atomic E-state index is 13.3. The third kappa shape index (κ3) is 5.34. The summed E-state index contributed by atoms with van der Waals surface area (Å²) in [5.74, 6) is 0.166. The van der Waals surface area contributed by atoms with Crippen LogP contribution < -0.4 is 5.32 Å². The number of methoxy groups -OCH3 is 1. The molecule has 0 amide bonds. The van der Waals surface area contributed by atoms with E-state index in [1.165, 1.54) is 6.07 Å². The standard InChI is InChI=1S/C14H21ClFNO/c1-3-11(10-17-6-7-18-2)8-12-4-5-13(15)14(16)9-12/h4-5,9,11,17H,3,6-8,10H2,1-2H3. The highest BCUT2D eigenvalue weighted by Gasteiger charge is 2.09. The van der Waals surface area contributed by atoms with E-state index in [2.05, 4.69) is 12.2 Å². The summed E-state index contributed by atoms with van der Waals surface area (Å²) in [5, 5.41) is 3.52. The number of nitrogens with one attached hydrogen (secondary N) is 1. The Kier molecular flexibility index (Phi) is 7.25. The second-order valence-electron chi connectivity index (χ2n) is 4.42. The van der Waals surface area contributed by atoms with Crippen LogP contribution in [0, 0.1) is 11.7 Å². The van der Waals surface area contributed by atoms with Gasteiger partial charge in [-0.05, 0) is 36.6 Å². The maximum absolute atomic E-state index is 13.3. The molecule has 0 aliphatic heterocycles. The Bertz CT molecular complexity index is 360. The summed E-state index contributed by atoms with van der Waals surface area (Å²) < 4.78 is 18.3. The first-order chi connectivity index (χ1) is 8.67. The van der Waals surface area contributed by atoms with E-state index in [-0.39, 0.29) is 10.8 Å². The summed E-state index contributed by atoms with van der Waals surface area (Å²) in [7, 11) is 1.69. The monoisotopic (exact) mass is 273 g/mol. The zero-order chi connectivity index (χ0) is 13.4. The van der Waals surface area contributed by atoms with Crippen molar-refractivity contribution < 1.29 is 9.13 Å². The van der Waals surface area contributed by atoms with Gasteiger partial charge in [0.25, 0.3) is 0 Å². The van der Waals surface area contributed by atoms with Gasteiger partial charge in [-0.3, -0.25) is 0 Å². The quantitative estimate of drug-likeness (QED) is 0.734. The van der Waals surface area contributed by atoms with Crippen molar-refractivity contribution in [3.8, 4) is 0 Å². The lowest BCUT2D eigenvalue weighted by Crippen LogP contribution is -2.27. The molecular weight excluding hydrogens is 253 g/mol.